The van der Waals surface area contributed by atoms with E-state index in [1.807, 2.05) is 0 Å². The minimum absolute atomic E-state index is 0.355. The van der Waals surface area contributed by atoms with Gasteiger partial charge in [0.25, 0.3) is 0 Å². The van der Waals surface area contributed by atoms with Crippen LogP contribution in [0.2, 0.25) is 0 Å². The van der Waals surface area contributed by atoms with E-state index in [1.54, 1.807) is 0 Å². The van der Waals surface area contributed by atoms with E-state index in [0.717, 1.165) is 39.1 Å². The minimum atomic E-state index is -0.355. The van der Waals surface area contributed by atoms with E-state index in [1.165, 1.54) is 19.3 Å². The van der Waals surface area contributed by atoms with Crippen molar-refractivity contribution >= 4 is 0 Å². The molecule has 1 heterocycles. The summed E-state index contributed by atoms with van der Waals surface area (Å²) in [7, 11) is 0. The maximum absolute atomic E-state index is 10.1. The second kappa shape index (κ2) is 10.6. The first kappa shape index (κ1) is 17.9. The average molecular weight is 286 g/mol. The molecule has 0 aromatic carbocycles. The highest BCUT2D eigenvalue weighted by Gasteiger charge is 2.24. The van der Waals surface area contributed by atoms with Crippen LogP contribution >= 0.6 is 0 Å². The highest BCUT2D eigenvalue weighted by molar-refractivity contribution is 4.81. The van der Waals surface area contributed by atoms with Gasteiger partial charge in [0.15, 0.2) is 0 Å². The Kier molecular flexibility index (Phi) is 9.44. The highest BCUT2D eigenvalue weighted by Crippen LogP contribution is 2.17. The number of ether oxygens (including phenoxy) is 1. The van der Waals surface area contributed by atoms with E-state index >= 15 is 0 Å². The fourth-order valence-electron chi connectivity index (χ4n) is 2.69. The number of nitrogens with one attached hydrogen (secondary N) is 1. The third kappa shape index (κ3) is 7.58. The fraction of sp³-hybridized carbons (Fsp3) is 1.00. The number of aliphatic hydroxyl groups is 1. The van der Waals surface area contributed by atoms with Crippen molar-refractivity contribution in [3.63, 3.8) is 0 Å². The van der Waals surface area contributed by atoms with Gasteiger partial charge in [0, 0.05) is 31.8 Å². The Bertz CT molecular complexity index is 237. The standard InChI is InChI=1S/C16H34N2O2/c1-4-5-10-20-13-16(19)12-18-9-7-6-8-15(18)11-17-14(2)3/h14-17,19H,4-13H2,1-3H3. The van der Waals surface area contributed by atoms with E-state index in [4.69, 9.17) is 4.74 Å². The zero-order chi connectivity index (χ0) is 14.8. The summed E-state index contributed by atoms with van der Waals surface area (Å²) < 4.78 is 5.52. The summed E-state index contributed by atoms with van der Waals surface area (Å²) >= 11 is 0. The Morgan fingerprint density at radius 1 is 1.35 bits per heavy atom. The van der Waals surface area contributed by atoms with Gasteiger partial charge in [-0.3, -0.25) is 4.90 Å². The lowest BCUT2D eigenvalue weighted by Crippen LogP contribution is -2.49. The maximum Gasteiger partial charge on any atom is 0.0900 e. The van der Waals surface area contributed by atoms with Gasteiger partial charge in [0.1, 0.15) is 0 Å². The van der Waals surface area contributed by atoms with Crippen molar-refractivity contribution in [1.29, 1.82) is 0 Å². The Morgan fingerprint density at radius 2 is 2.15 bits per heavy atom. The quantitative estimate of drug-likeness (QED) is 0.603. The molecule has 1 saturated heterocycles. The van der Waals surface area contributed by atoms with Crippen LogP contribution in [0.1, 0.15) is 52.9 Å². The molecule has 2 atom stereocenters. The molecule has 0 aromatic heterocycles. The van der Waals surface area contributed by atoms with Crippen LogP contribution < -0.4 is 5.32 Å². The van der Waals surface area contributed by atoms with E-state index in [9.17, 15) is 5.11 Å². The first-order chi connectivity index (χ1) is 9.63. The predicted octanol–water partition coefficient (Wildman–Crippen LogP) is 2.02. The van der Waals surface area contributed by atoms with Gasteiger partial charge >= 0.3 is 0 Å². The maximum atomic E-state index is 10.1. The van der Waals surface area contributed by atoms with Gasteiger partial charge in [-0.05, 0) is 25.8 Å². The molecule has 0 spiro atoms. The molecule has 1 aliphatic heterocycles. The summed E-state index contributed by atoms with van der Waals surface area (Å²) in [6.07, 6.45) is 5.67. The summed E-state index contributed by atoms with van der Waals surface area (Å²) in [4.78, 5) is 2.44. The molecule has 0 radical (unpaired) electrons. The number of aliphatic hydroxyl groups excluding tert-OH is 1. The van der Waals surface area contributed by atoms with Gasteiger partial charge in [0.2, 0.25) is 0 Å². The lowest BCUT2D eigenvalue weighted by molar-refractivity contribution is 0.00143. The van der Waals surface area contributed by atoms with Gasteiger partial charge in [-0.1, -0.05) is 33.6 Å². The molecule has 0 bridgehead atoms. The number of hydrogen-bond acceptors (Lipinski definition) is 4. The van der Waals surface area contributed by atoms with Crippen molar-refractivity contribution in [1.82, 2.24) is 10.2 Å². The molecule has 0 aliphatic carbocycles. The smallest absolute Gasteiger partial charge is 0.0900 e. The van der Waals surface area contributed by atoms with E-state index < -0.39 is 0 Å². The molecule has 20 heavy (non-hydrogen) atoms. The molecule has 0 aromatic rings. The van der Waals surface area contributed by atoms with Crippen LogP contribution in [0.25, 0.3) is 0 Å². The molecule has 4 heteroatoms. The van der Waals surface area contributed by atoms with Crippen LogP contribution in [0, 0.1) is 0 Å². The summed E-state index contributed by atoms with van der Waals surface area (Å²) in [6, 6.07) is 1.09. The molecule has 1 fully saturated rings. The molecule has 0 amide bonds. The lowest BCUT2D eigenvalue weighted by atomic mass is 10.0. The number of hydrogen-bond donors (Lipinski definition) is 2. The number of β-amino-alcohol motifs (C(OH)–C–C–N with tert-alkyl or cyclic N) is 1. The van der Waals surface area contributed by atoms with Gasteiger partial charge in [0.05, 0.1) is 12.7 Å². The Morgan fingerprint density at radius 3 is 2.85 bits per heavy atom. The van der Waals surface area contributed by atoms with Crippen molar-refractivity contribution in [2.75, 3.05) is 32.8 Å². The third-order valence-corrected chi connectivity index (χ3v) is 3.91. The number of nitrogens with zero attached hydrogens (tertiary/aromatic N) is 1. The molecule has 4 nitrogen and oxygen atoms in total. The second-order valence-electron chi connectivity index (χ2n) is 6.29. The highest BCUT2D eigenvalue weighted by atomic mass is 16.5. The SMILES string of the molecule is CCCCOCC(O)CN1CCCCC1CNC(C)C. The van der Waals surface area contributed by atoms with E-state index in [-0.39, 0.29) is 6.10 Å². The van der Waals surface area contributed by atoms with E-state index in [2.05, 4.69) is 31.0 Å². The monoisotopic (exact) mass is 286 g/mol. The van der Waals surface area contributed by atoms with Gasteiger partial charge in [-0.15, -0.1) is 0 Å². The zero-order valence-electron chi connectivity index (χ0n) is 13.6. The molecule has 2 N–H and O–H groups in total. The molecular weight excluding hydrogens is 252 g/mol. The topological polar surface area (TPSA) is 44.7 Å². The molecule has 2 unspecified atom stereocenters. The number of likely N-dealkylation sites (tertiary alicyclic amines) is 1. The molecule has 0 saturated carbocycles. The van der Waals surface area contributed by atoms with E-state index in [0.29, 0.717) is 18.7 Å². The summed E-state index contributed by atoms with van der Waals surface area (Å²) in [5.41, 5.74) is 0. The van der Waals surface area contributed by atoms with Gasteiger partial charge < -0.3 is 15.2 Å². The van der Waals surface area contributed by atoms with Gasteiger partial charge in [-0.25, -0.2) is 0 Å². The number of unbranched alkanes of at least 4 members (excludes halogenated alkanes) is 1. The minimum Gasteiger partial charge on any atom is -0.389 e. The molecular formula is C16H34N2O2. The van der Waals surface area contributed by atoms with Crippen LogP contribution in [-0.2, 0) is 4.74 Å². The Labute approximate surface area is 124 Å². The normalized spacial score (nSPS) is 22.4. The van der Waals surface area contributed by atoms with Crippen LogP contribution in [-0.4, -0.2) is 61.0 Å². The zero-order valence-corrected chi connectivity index (χ0v) is 13.6. The average Bonchev–Trinajstić information content (AvgIpc) is 2.42. The van der Waals surface area contributed by atoms with Crippen LogP contribution in [0.15, 0.2) is 0 Å². The summed E-state index contributed by atoms with van der Waals surface area (Å²) in [6.45, 7) is 10.6. The predicted molar refractivity (Wildman–Crippen MR) is 84.1 cm³/mol. The van der Waals surface area contributed by atoms with Crippen molar-refractivity contribution in [2.24, 2.45) is 0 Å². The van der Waals surface area contributed by atoms with Crippen molar-refractivity contribution in [3.05, 3.63) is 0 Å². The van der Waals surface area contributed by atoms with Crippen LogP contribution in [0.5, 0.6) is 0 Å². The Balaban J connectivity index is 2.26. The molecule has 1 aliphatic rings. The fourth-order valence-corrected chi connectivity index (χ4v) is 2.69. The summed E-state index contributed by atoms with van der Waals surface area (Å²) in [5, 5.41) is 13.6. The lowest BCUT2D eigenvalue weighted by Gasteiger charge is -2.37. The molecule has 1 rings (SSSR count). The van der Waals surface area contributed by atoms with Crippen LogP contribution in [0.4, 0.5) is 0 Å². The molecule has 120 valence electrons. The third-order valence-electron chi connectivity index (χ3n) is 3.91. The van der Waals surface area contributed by atoms with Crippen molar-refractivity contribution in [2.45, 2.75) is 71.1 Å². The van der Waals surface area contributed by atoms with Crippen molar-refractivity contribution < 1.29 is 9.84 Å². The van der Waals surface area contributed by atoms with Crippen molar-refractivity contribution in [3.8, 4) is 0 Å². The first-order valence-corrected chi connectivity index (χ1v) is 8.36. The second-order valence-corrected chi connectivity index (χ2v) is 6.29. The Hall–Kier alpha value is -0.160. The van der Waals surface area contributed by atoms with Crippen LogP contribution in [0.3, 0.4) is 0 Å². The first-order valence-electron chi connectivity index (χ1n) is 8.36. The number of rotatable bonds is 10. The van der Waals surface area contributed by atoms with Gasteiger partial charge in [-0.2, -0.15) is 0 Å². The number of piperidine rings is 1. The largest absolute Gasteiger partial charge is 0.389 e. The summed E-state index contributed by atoms with van der Waals surface area (Å²) in [5.74, 6) is 0.